The molecule has 0 saturated carbocycles. The first kappa shape index (κ1) is 12.4. The highest BCUT2D eigenvalue weighted by molar-refractivity contribution is 5.83. The van der Waals surface area contributed by atoms with E-state index in [1.807, 2.05) is 13.8 Å². The molecule has 0 radical (unpaired) electrons. The number of hydrogen-bond acceptors (Lipinski definition) is 2. The SMILES string of the molecule is C=CCCC(=O)C(O)C(CC)CC. The summed E-state index contributed by atoms with van der Waals surface area (Å²) in [4.78, 5) is 11.4. The molecule has 0 aliphatic carbocycles. The van der Waals surface area contributed by atoms with Crippen molar-refractivity contribution in [3.63, 3.8) is 0 Å². The Morgan fingerprint density at radius 3 is 2.38 bits per heavy atom. The summed E-state index contributed by atoms with van der Waals surface area (Å²) >= 11 is 0. The zero-order chi connectivity index (χ0) is 10.3. The molecule has 1 unspecified atom stereocenters. The molecule has 0 saturated heterocycles. The van der Waals surface area contributed by atoms with E-state index in [0.717, 1.165) is 12.8 Å². The molecule has 0 aliphatic rings. The lowest BCUT2D eigenvalue weighted by Crippen LogP contribution is -2.28. The Labute approximate surface area is 80.7 Å². The van der Waals surface area contributed by atoms with E-state index in [9.17, 15) is 9.90 Å². The fraction of sp³-hybridized carbons (Fsp3) is 0.727. The fourth-order valence-electron chi connectivity index (χ4n) is 1.39. The smallest absolute Gasteiger partial charge is 0.161 e. The van der Waals surface area contributed by atoms with Gasteiger partial charge in [-0.25, -0.2) is 0 Å². The second-order valence-electron chi connectivity index (χ2n) is 3.32. The molecule has 76 valence electrons. The molecule has 1 atom stereocenters. The first-order chi connectivity index (χ1) is 6.17. The summed E-state index contributed by atoms with van der Waals surface area (Å²) in [6.45, 7) is 7.54. The van der Waals surface area contributed by atoms with Crippen molar-refractivity contribution in [2.75, 3.05) is 0 Å². The Morgan fingerprint density at radius 1 is 1.46 bits per heavy atom. The molecule has 0 fully saturated rings. The molecule has 0 aromatic carbocycles. The average Bonchev–Trinajstić information content (AvgIpc) is 2.15. The number of ketones is 1. The van der Waals surface area contributed by atoms with Crippen LogP contribution in [-0.4, -0.2) is 17.0 Å². The second-order valence-corrected chi connectivity index (χ2v) is 3.32. The summed E-state index contributed by atoms with van der Waals surface area (Å²) in [5.74, 6) is 0.0749. The fourth-order valence-corrected chi connectivity index (χ4v) is 1.39. The highest BCUT2D eigenvalue weighted by Crippen LogP contribution is 2.15. The Balaban J connectivity index is 3.98. The predicted molar refractivity (Wildman–Crippen MR) is 54.5 cm³/mol. The largest absolute Gasteiger partial charge is 0.385 e. The van der Waals surface area contributed by atoms with Gasteiger partial charge in [0.2, 0.25) is 0 Å². The van der Waals surface area contributed by atoms with Crippen molar-refractivity contribution in [3.05, 3.63) is 12.7 Å². The molecule has 1 N–H and O–H groups in total. The van der Waals surface area contributed by atoms with E-state index in [4.69, 9.17) is 0 Å². The highest BCUT2D eigenvalue weighted by Gasteiger charge is 2.21. The Hall–Kier alpha value is -0.630. The van der Waals surface area contributed by atoms with E-state index in [1.54, 1.807) is 6.08 Å². The van der Waals surface area contributed by atoms with Crippen molar-refractivity contribution in [1.29, 1.82) is 0 Å². The minimum atomic E-state index is -0.769. The maximum absolute atomic E-state index is 11.4. The van der Waals surface area contributed by atoms with E-state index >= 15 is 0 Å². The number of rotatable bonds is 7. The zero-order valence-corrected chi connectivity index (χ0v) is 8.62. The molecular weight excluding hydrogens is 164 g/mol. The monoisotopic (exact) mass is 184 g/mol. The predicted octanol–water partition coefficient (Wildman–Crippen LogP) is 2.32. The van der Waals surface area contributed by atoms with Crippen LogP contribution < -0.4 is 0 Å². The topological polar surface area (TPSA) is 37.3 Å². The van der Waals surface area contributed by atoms with Crippen LogP contribution in [0.25, 0.3) is 0 Å². The van der Waals surface area contributed by atoms with Crippen LogP contribution >= 0.6 is 0 Å². The molecular formula is C11H20O2. The quantitative estimate of drug-likeness (QED) is 0.616. The van der Waals surface area contributed by atoms with Gasteiger partial charge in [0.15, 0.2) is 5.78 Å². The van der Waals surface area contributed by atoms with Crippen LogP contribution in [0, 0.1) is 5.92 Å². The second kappa shape index (κ2) is 6.84. The van der Waals surface area contributed by atoms with Gasteiger partial charge in [-0.3, -0.25) is 4.79 Å². The molecule has 2 heteroatoms. The molecule has 0 rings (SSSR count). The Kier molecular flexibility index (Phi) is 6.51. The van der Waals surface area contributed by atoms with Crippen LogP contribution in [-0.2, 0) is 4.79 Å². The lowest BCUT2D eigenvalue weighted by Gasteiger charge is -2.18. The third-order valence-corrected chi connectivity index (χ3v) is 2.42. The van der Waals surface area contributed by atoms with Crippen molar-refractivity contribution in [3.8, 4) is 0 Å². The van der Waals surface area contributed by atoms with Crippen molar-refractivity contribution in [2.45, 2.75) is 45.6 Å². The number of aliphatic hydroxyl groups is 1. The van der Waals surface area contributed by atoms with Crippen molar-refractivity contribution in [2.24, 2.45) is 5.92 Å². The molecule has 0 aliphatic heterocycles. The lowest BCUT2D eigenvalue weighted by atomic mass is 9.92. The summed E-state index contributed by atoms with van der Waals surface area (Å²) in [7, 11) is 0. The third kappa shape index (κ3) is 4.23. The minimum Gasteiger partial charge on any atom is -0.385 e. The van der Waals surface area contributed by atoms with Gasteiger partial charge in [0, 0.05) is 6.42 Å². The molecule has 0 aromatic heterocycles. The molecule has 0 spiro atoms. The first-order valence-electron chi connectivity index (χ1n) is 4.99. The van der Waals surface area contributed by atoms with E-state index in [1.165, 1.54) is 0 Å². The summed E-state index contributed by atoms with van der Waals surface area (Å²) < 4.78 is 0. The molecule has 0 bridgehead atoms. The van der Waals surface area contributed by atoms with Crippen LogP contribution in [0.15, 0.2) is 12.7 Å². The zero-order valence-electron chi connectivity index (χ0n) is 8.62. The van der Waals surface area contributed by atoms with Gasteiger partial charge in [0.25, 0.3) is 0 Å². The van der Waals surface area contributed by atoms with Crippen LogP contribution in [0.5, 0.6) is 0 Å². The average molecular weight is 184 g/mol. The summed E-state index contributed by atoms with van der Waals surface area (Å²) in [6, 6.07) is 0. The minimum absolute atomic E-state index is 0.0476. The van der Waals surface area contributed by atoms with Crippen LogP contribution in [0.2, 0.25) is 0 Å². The summed E-state index contributed by atoms with van der Waals surface area (Å²) in [5, 5.41) is 9.62. The number of carbonyl (C=O) groups is 1. The van der Waals surface area contributed by atoms with Gasteiger partial charge in [0.05, 0.1) is 0 Å². The van der Waals surface area contributed by atoms with Gasteiger partial charge in [0.1, 0.15) is 6.10 Å². The summed E-state index contributed by atoms with van der Waals surface area (Å²) in [5.41, 5.74) is 0. The van der Waals surface area contributed by atoms with Gasteiger partial charge >= 0.3 is 0 Å². The van der Waals surface area contributed by atoms with Crippen molar-refractivity contribution in [1.82, 2.24) is 0 Å². The van der Waals surface area contributed by atoms with Gasteiger partial charge in [-0.15, -0.1) is 6.58 Å². The molecule has 0 heterocycles. The van der Waals surface area contributed by atoms with Crippen molar-refractivity contribution >= 4 is 5.78 Å². The van der Waals surface area contributed by atoms with Gasteiger partial charge in [-0.2, -0.15) is 0 Å². The van der Waals surface area contributed by atoms with Gasteiger partial charge in [-0.1, -0.05) is 32.8 Å². The molecule has 13 heavy (non-hydrogen) atoms. The molecule has 0 aromatic rings. The lowest BCUT2D eigenvalue weighted by molar-refractivity contribution is -0.129. The third-order valence-electron chi connectivity index (χ3n) is 2.42. The first-order valence-corrected chi connectivity index (χ1v) is 4.99. The van der Waals surface area contributed by atoms with E-state index < -0.39 is 6.10 Å². The standard InChI is InChI=1S/C11H20O2/c1-4-7-8-10(12)11(13)9(5-2)6-3/h4,9,11,13H,1,5-8H2,2-3H3. The van der Waals surface area contributed by atoms with Crippen LogP contribution in [0.4, 0.5) is 0 Å². The number of aliphatic hydroxyl groups excluding tert-OH is 1. The van der Waals surface area contributed by atoms with E-state index in [2.05, 4.69) is 6.58 Å². The number of Topliss-reactive ketones (excluding diaryl/α,β-unsaturated/α-hetero) is 1. The van der Waals surface area contributed by atoms with Crippen molar-refractivity contribution < 1.29 is 9.90 Å². The normalized spacial score (nSPS) is 12.9. The molecule has 0 amide bonds. The number of allylic oxidation sites excluding steroid dienone is 1. The van der Waals surface area contributed by atoms with Crippen LogP contribution in [0.1, 0.15) is 39.5 Å². The summed E-state index contributed by atoms with van der Waals surface area (Å²) in [6.07, 6.45) is 3.74. The van der Waals surface area contributed by atoms with Gasteiger partial charge < -0.3 is 5.11 Å². The number of hydrogen-bond donors (Lipinski definition) is 1. The highest BCUT2D eigenvalue weighted by atomic mass is 16.3. The van der Waals surface area contributed by atoms with Crippen LogP contribution in [0.3, 0.4) is 0 Å². The Morgan fingerprint density at radius 2 is 2.00 bits per heavy atom. The van der Waals surface area contributed by atoms with E-state index in [0.29, 0.717) is 12.8 Å². The maximum atomic E-state index is 11.4. The van der Waals surface area contributed by atoms with Gasteiger partial charge in [-0.05, 0) is 12.3 Å². The molecule has 2 nitrogen and oxygen atoms in total. The maximum Gasteiger partial charge on any atom is 0.161 e. The number of carbonyl (C=O) groups excluding carboxylic acids is 1. The Bertz CT molecular complexity index is 159. The van der Waals surface area contributed by atoms with E-state index in [-0.39, 0.29) is 11.7 Å².